The third kappa shape index (κ3) is 3.95. The van der Waals surface area contributed by atoms with Crippen molar-refractivity contribution < 1.29 is 19.1 Å². The highest BCUT2D eigenvalue weighted by Crippen LogP contribution is 2.27. The summed E-state index contributed by atoms with van der Waals surface area (Å²) in [5, 5.41) is 3.74. The van der Waals surface area contributed by atoms with Gasteiger partial charge in [0.1, 0.15) is 12.1 Å². The van der Waals surface area contributed by atoms with Gasteiger partial charge < -0.3 is 9.30 Å². The summed E-state index contributed by atoms with van der Waals surface area (Å²) in [6.07, 6.45) is 3.19. The molecule has 0 bridgehead atoms. The Morgan fingerprint density at radius 1 is 1.19 bits per heavy atom. The van der Waals surface area contributed by atoms with Crippen molar-refractivity contribution >= 4 is 69.4 Å². The van der Waals surface area contributed by atoms with Crippen LogP contribution >= 0.6 is 23.8 Å². The Bertz CT molecular complexity index is 1280. The minimum absolute atomic E-state index is 0.000938. The van der Waals surface area contributed by atoms with Gasteiger partial charge in [-0.2, -0.15) is 0 Å². The van der Waals surface area contributed by atoms with Crippen LogP contribution in [-0.4, -0.2) is 34.6 Å². The largest absolute Gasteiger partial charge is 0.468 e. The number of hydrogen-bond donors (Lipinski definition) is 1. The van der Waals surface area contributed by atoms with Crippen LogP contribution in [0.1, 0.15) is 5.56 Å². The molecule has 31 heavy (non-hydrogen) atoms. The van der Waals surface area contributed by atoms with E-state index in [9.17, 15) is 14.4 Å². The van der Waals surface area contributed by atoms with Crippen LogP contribution in [0.4, 0.5) is 5.69 Å². The molecule has 2 aromatic carbocycles. The lowest BCUT2D eigenvalue weighted by Gasteiger charge is -2.29. The van der Waals surface area contributed by atoms with Crippen molar-refractivity contribution in [3.8, 4) is 0 Å². The van der Waals surface area contributed by atoms with Crippen molar-refractivity contribution in [2.75, 3.05) is 12.0 Å². The summed E-state index contributed by atoms with van der Waals surface area (Å²) in [7, 11) is 1.31. The molecular weight excluding hydrogens is 438 g/mol. The average molecular weight is 454 g/mol. The highest BCUT2D eigenvalue weighted by Gasteiger charge is 2.34. The van der Waals surface area contributed by atoms with Crippen molar-refractivity contribution in [2.45, 2.75) is 6.54 Å². The minimum Gasteiger partial charge on any atom is -0.468 e. The smallest absolute Gasteiger partial charge is 0.325 e. The Hall–Kier alpha value is -3.49. The SMILES string of the molecule is COC(=O)Cn1cc(/C=C2\C(=O)NC(=S)N(c3cccc(Cl)c3)C2=O)c2ccccc21. The van der Waals surface area contributed by atoms with Gasteiger partial charge in [0.25, 0.3) is 11.8 Å². The zero-order chi connectivity index (χ0) is 22.1. The predicted molar refractivity (Wildman–Crippen MR) is 122 cm³/mol. The summed E-state index contributed by atoms with van der Waals surface area (Å²) in [6.45, 7) is -0.000938. The first-order valence-corrected chi connectivity index (χ1v) is 9.99. The van der Waals surface area contributed by atoms with Crippen LogP contribution in [0.3, 0.4) is 0 Å². The molecule has 0 saturated carbocycles. The Morgan fingerprint density at radius 2 is 1.97 bits per heavy atom. The van der Waals surface area contributed by atoms with Gasteiger partial charge in [0.2, 0.25) is 0 Å². The first-order valence-electron chi connectivity index (χ1n) is 9.21. The third-order valence-electron chi connectivity index (χ3n) is 4.81. The van der Waals surface area contributed by atoms with Crippen molar-refractivity contribution in [1.82, 2.24) is 9.88 Å². The fourth-order valence-electron chi connectivity index (χ4n) is 3.39. The van der Waals surface area contributed by atoms with Gasteiger partial charge in [-0.25, -0.2) is 0 Å². The van der Waals surface area contributed by atoms with Gasteiger partial charge in [0.05, 0.1) is 12.8 Å². The van der Waals surface area contributed by atoms with E-state index in [1.165, 1.54) is 18.1 Å². The van der Waals surface area contributed by atoms with Crippen LogP contribution in [-0.2, 0) is 25.7 Å². The summed E-state index contributed by atoms with van der Waals surface area (Å²) in [5.74, 6) is -1.58. The second kappa shape index (κ2) is 8.33. The van der Waals surface area contributed by atoms with E-state index < -0.39 is 17.8 Å². The van der Waals surface area contributed by atoms with E-state index in [1.807, 2.05) is 24.3 Å². The number of ether oxygens (including phenoxy) is 1. The molecule has 7 nitrogen and oxygen atoms in total. The molecule has 0 unspecified atom stereocenters. The van der Waals surface area contributed by atoms with Gasteiger partial charge in [-0.05, 0) is 42.6 Å². The molecule has 0 spiro atoms. The minimum atomic E-state index is -0.599. The van der Waals surface area contributed by atoms with Crippen LogP contribution < -0.4 is 10.2 Å². The summed E-state index contributed by atoms with van der Waals surface area (Å²) in [6, 6.07) is 14.0. The lowest BCUT2D eigenvalue weighted by molar-refractivity contribution is -0.141. The van der Waals surface area contributed by atoms with Crippen LogP contribution in [0.15, 0.2) is 60.3 Å². The van der Waals surface area contributed by atoms with E-state index in [0.29, 0.717) is 16.3 Å². The Balaban J connectivity index is 1.79. The molecule has 9 heteroatoms. The molecule has 1 N–H and O–H groups in total. The predicted octanol–water partition coefficient (Wildman–Crippen LogP) is 3.30. The lowest BCUT2D eigenvalue weighted by Crippen LogP contribution is -2.54. The van der Waals surface area contributed by atoms with Gasteiger partial charge in [-0.15, -0.1) is 0 Å². The van der Waals surface area contributed by atoms with Crippen LogP contribution in [0.2, 0.25) is 5.02 Å². The monoisotopic (exact) mass is 453 g/mol. The topological polar surface area (TPSA) is 80.6 Å². The van der Waals surface area contributed by atoms with E-state index >= 15 is 0 Å². The molecule has 0 aliphatic carbocycles. The molecular formula is C22H16ClN3O4S. The van der Waals surface area contributed by atoms with E-state index in [-0.39, 0.29) is 17.2 Å². The molecule has 2 heterocycles. The Kier molecular flexibility index (Phi) is 5.58. The average Bonchev–Trinajstić information content (AvgIpc) is 3.08. The molecule has 156 valence electrons. The molecule has 0 radical (unpaired) electrons. The first-order chi connectivity index (χ1) is 14.9. The van der Waals surface area contributed by atoms with E-state index in [0.717, 1.165) is 10.9 Å². The number of thiocarbonyl (C=S) groups is 1. The maximum Gasteiger partial charge on any atom is 0.325 e. The molecule has 0 atom stereocenters. The van der Waals surface area contributed by atoms with Crippen molar-refractivity contribution in [3.05, 3.63) is 70.9 Å². The normalized spacial score (nSPS) is 15.5. The van der Waals surface area contributed by atoms with E-state index in [1.54, 1.807) is 35.0 Å². The molecule has 2 amide bonds. The lowest BCUT2D eigenvalue weighted by atomic mass is 10.1. The maximum absolute atomic E-state index is 13.2. The number of carbonyl (C=O) groups excluding carboxylic acids is 3. The third-order valence-corrected chi connectivity index (χ3v) is 5.33. The molecule has 1 saturated heterocycles. The number of nitrogens with one attached hydrogen (secondary N) is 1. The van der Waals surface area contributed by atoms with E-state index in [2.05, 4.69) is 5.32 Å². The zero-order valence-electron chi connectivity index (χ0n) is 16.3. The molecule has 1 fully saturated rings. The summed E-state index contributed by atoms with van der Waals surface area (Å²) in [5.41, 5.74) is 1.73. The number of benzene rings is 2. The molecule has 3 aromatic rings. The van der Waals surface area contributed by atoms with Crippen LogP contribution in [0.25, 0.3) is 17.0 Å². The number of aromatic nitrogens is 1. The molecule has 1 aliphatic heterocycles. The second-order valence-corrected chi connectivity index (χ2v) is 7.57. The number of fused-ring (bicyclic) bond motifs is 1. The summed E-state index contributed by atoms with van der Waals surface area (Å²) < 4.78 is 6.46. The van der Waals surface area contributed by atoms with Gasteiger partial charge >= 0.3 is 5.97 Å². The summed E-state index contributed by atoms with van der Waals surface area (Å²) >= 11 is 11.3. The van der Waals surface area contributed by atoms with Crippen molar-refractivity contribution in [3.63, 3.8) is 0 Å². The number of halogens is 1. The molecule has 4 rings (SSSR count). The summed E-state index contributed by atoms with van der Waals surface area (Å²) in [4.78, 5) is 38.8. The number of rotatable bonds is 4. The number of para-hydroxylation sites is 1. The number of methoxy groups -OCH3 is 1. The second-order valence-electron chi connectivity index (χ2n) is 6.74. The number of amides is 2. The Morgan fingerprint density at radius 3 is 2.71 bits per heavy atom. The Labute approximate surface area is 187 Å². The quantitative estimate of drug-likeness (QED) is 0.284. The van der Waals surface area contributed by atoms with Gasteiger partial charge in [-0.1, -0.05) is 35.9 Å². The number of anilines is 1. The highest BCUT2D eigenvalue weighted by molar-refractivity contribution is 7.80. The fourth-order valence-corrected chi connectivity index (χ4v) is 3.85. The number of carbonyl (C=O) groups is 3. The van der Waals surface area contributed by atoms with Gasteiger partial charge in [0.15, 0.2) is 5.11 Å². The molecule has 1 aliphatic rings. The fraction of sp³-hybridized carbons (Fsp3) is 0.0909. The van der Waals surface area contributed by atoms with E-state index in [4.69, 9.17) is 28.6 Å². The highest BCUT2D eigenvalue weighted by atomic mass is 35.5. The van der Waals surface area contributed by atoms with Crippen LogP contribution in [0, 0.1) is 0 Å². The zero-order valence-corrected chi connectivity index (χ0v) is 17.9. The standard InChI is InChI=1S/C22H16ClN3O4S/c1-30-19(27)12-25-11-13(16-7-2-3-8-18(16)25)9-17-20(28)24-22(31)26(21(17)29)15-6-4-5-14(23)10-15/h2-11H,12H2,1H3,(H,24,28,31)/b17-9+. The van der Waals surface area contributed by atoms with Crippen molar-refractivity contribution in [2.24, 2.45) is 0 Å². The van der Waals surface area contributed by atoms with Gasteiger partial charge in [-0.3, -0.25) is 24.6 Å². The maximum atomic E-state index is 13.2. The van der Waals surface area contributed by atoms with Crippen LogP contribution in [0.5, 0.6) is 0 Å². The first kappa shape index (κ1) is 20.8. The number of nitrogens with zero attached hydrogens (tertiary/aromatic N) is 2. The number of hydrogen-bond acceptors (Lipinski definition) is 5. The van der Waals surface area contributed by atoms with Gasteiger partial charge in [0, 0.05) is 27.7 Å². The molecule has 1 aromatic heterocycles. The number of esters is 1. The van der Waals surface area contributed by atoms with Crippen molar-refractivity contribution in [1.29, 1.82) is 0 Å².